The predicted molar refractivity (Wildman–Crippen MR) is 121 cm³/mol. The van der Waals surface area contributed by atoms with Gasteiger partial charge in [0.2, 0.25) is 5.90 Å². The van der Waals surface area contributed by atoms with Crippen molar-refractivity contribution in [2.75, 3.05) is 7.11 Å². The average Bonchev–Trinajstić information content (AvgIpc) is 3.15. The number of nitrogens with zero attached hydrogens (tertiary/aromatic N) is 1. The topological polar surface area (TPSA) is 57.1 Å². The third-order valence-corrected chi connectivity index (χ3v) is 5.25. The summed E-state index contributed by atoms with van der Waals surface area (Å²) in [5.74, 6) is 0.362. The molecule has 0 saturated carbocycles. The van der Waals surface area contributed by atoms with Gasteiger partial charge in [0.1, 0.15) is 12.4 Å². The molecule has 3 aromatic rings. The molecule has 0 fully saturated rings. The lowest BCUT2D eigenvalue weighted by molar-refractivity contribution is -0.129. The van der Waals surface area contributed by atoms with Crippen molar-refractivity contribution in [2.45, 2.75) is 13.5 Å². The smallest absolute Gasteiger partial charge is 0.363 e. The summed E-state index contributed by atoms with van der Waals surface area (Å²) in [6.07, 6.45) is 1.61. The van der Waals surface area contributed by atoms with Crippen molar-refractivity contribution in [3.05, 3.63) is 99.5 Å². The van der Waals surface area contributed by atoms with Gasteiger partial charge in [0.05, 0.1) is 7.11 Å². The fraction of sp³-hybridized carbons (Fsp3) is 0.120. The van der Waals surface area contributed by atoms with Gasteiger partial charge in [-0.05, 0) is 66.1 Å². The summed E-state index contributed by atoms with van der Waals surface area (Å²) < 4.78 is 29.6. The Labute approximate surface area is 189 Å². The minimum Gasteiger partial charge on any atom is -0.493 e. The number of benzene rings is 3. The van der Waals surface area contributed by atoms with Gasteiger partial charge >= 0.3 is 5.97 Å². The van der Waals surface area contributed by atoms with Crippen LogP contribution in [0.5, 0.6) is 11.5 Å². The molecule has 0 atom stereocenters. The highest BCUT2D eigenvalue weighted by Crippen LogP contribution is 2.30. The highest BCUT2D eigenvalue weighted by Gasteiger charge is 2.24. The molecular formula is C25H19ClFNO4. The Balaban J connectivity index is 1.54. The molecule has 0 amide bonds. The van der Waals surface area contributed by atoms with E-state index in [4.69, 9.17) is 25.8 Å². The van der Waals surface area contributed by atoms with Crippen LogP contribution in [0.15, 0.2) is 71.4 Å². The Morgan fingerprint density at radius 2 is 1.84 bits per heavy atom. The second-order valence-electron chi connectivity index (χ2n) is 7.13. The summed E-state index contributed by atoms with van der Waals surface area (Å²) in [5.41, 5.74) is 3.23. The lowest BCUT2D eigenvalue weighted by atomic mass is 10.1. The third-order valence-electron chi connectivity index (χ3n) is 4.84. The van der Waals surface area contributed by atoms with Crippen molar-refractivity contribution in [3.8, 4) is 11.5 Å². The second-order valence-corrected chi connectivity index (χ2v) is 7.53. The molecule has 1 aliphatic heterocycles. The number of esters is 1. The number of carbonyl (C=O) groups excluding carboxylic acids is 1. The number of rotatable bonds is 6. The Morgan fingerprint density at radius 1 is 1.06 bits per heavy atom. The van der Waals surface area contributed by atoms with E-state index in [9.17, 15) is 9.18 Å². The van der Waals surface area contributed by atoms with Crippen LogP contribution in [0.4, 0.5) is 4.39 Å². The summed E-state index contributed by atoms with van der Waals surface area (Å²) in [7, 11) is 1.53. The molecule has 5 nitrogen and oxygen atoms in total. The van der Waals surface area contributed by atoms with E-state index in [-0.39, 0.29) is 24.0 Å². The Kier molecular flexibility index (Phi) is 6.23. The maximum absolute atomic E-state index is 13.0. The van der Waals surface area contributed by atoms with E-state index >= 15 is 0 Å². The SMILES string of the molecule is COc1cc(/C=C2/N=C(c3ccc(C)c(Cl)c3)OC2=O)ccc1OCc1ccc(F)cc1. The molecule has 1 heterocycles. The zero-order chi connectivity index (χ0) is 22.7. The highest BCUT2D eigenvalue weighted by atomic mass is 35.5. The van der Waals surface area contributed by atoms with E-state index in [2.05, 4.69) is 4.99 Å². The molecule has 0 aromatic heterocycles. The number of methoxy groups -OCH3 is 1. The van der Waals surface area contributed by atoms with Gasteiger partial charge in [-0.1, -0.05) is 35.9 Å². The molecule has 7 heteroatoms. The van der Waals surface area contributed by atoms with Crippen LogP contribution in [-0.2, 0) is 16.1 Å². The normalized spacial score (nSPS) is 14.3. The zero-order valence-corrected chi connectivity index (χ0v) is 18.2. The van der Waals surface area contributed by atoms with Gasteiger partial charge in [-0.25, -0.2) is 14.2 Å². The first-order valence-corrected chi connectivity index (χ1v) is 10.1. The van der Waals surface area contributed by atoms with Crippen LogP contribution in [0.3, 0.4) is 0 Å². The van der Waals surface area contributed by atoms with Crippen molar-refractivity contribution in [1.82, 2.24) is 0 Å². The number of hydrogen-bond acceptors (Lipinski definition) is 5. The summed E-state index contributed by atoms with van der Waals surface area (Å²) in [5, 5.41) is 0.569. The third kappa shape index (κ3) is 4.81. The van der Waals surface area contributed by atoms with Crippen LogP contribution < -0.4 is 9.47 Å². The molecule has 162 valence electrons. The largest absolute Gasteiger partial charge is 0.493 e. The van der Waals surface area contributed by atoms with Crippen LogP contribution in [0, 0.1) is 12.7 Å². The molecule has 1 aliphatic rings. The van der Waals surface area contributed by atoms with Gasteiger partial charge < -0.3 is 14.2 Å². The zero-order valence-electron chi connectivity index (χ0n) is 17.4. The number of aryl methyl sites for hydroxylation is 1. The monoisotopic (exact) mass is 451 g/mol. The number of cyclic esters (lactones) is 1. The predicted octanol–water partition coefficient (Wildman–Crippen LogP) is 5.72. The van der Waals surface area contributed by atoms with Gasteiger partial charge in [-0.15, -0.1) is 0 Å². The van der Waals surface area contributed by atoms with Gasteiger partial charge in [-0.3, -0.25) is 0 Å². The standard InChI is InChI=1S/C25H19ClFNO4/c1-15-3-7-18(13-20(15)26)24-28-21(25(29)32-24)11-17-6-10-22(23(12-17)30-2)31-14-16-4-8-19(27)9-5-16/h3-13H,14H2,1-2H3/b21-11+. The first-order valence-electron chi connectivity index (χ1n) is 9.77. The van der Waals surface area contributed by atoms with Crippen molar-refractivity contribution in [2.24, 2.45) is 4.99 Å². The average molecular weight is 452 g/mol. The van der Waals surface area contributed by atoms with Gasteiger partial charge in [0.15, 0.2) is 17.2 Å². The lowest BCUT2D eigenvalue weighted by Gasteiger charge is -2.11. The number of aliphatic imine (C=N–C) groups is 1. The van der Waals surface area contributed by atoms with Gasteiger partial charge in [-0.2, -0.15) is 0 Å². The number of carbonyl (C=O) groups is 1. The molecule has 0 radical (unpaired) electrons. The minimum absolute atomic E-state index is 0.165. The maximum atomic E-state index is 13.0. The van der Waals surface area contributed by atoms with E-state index in [1.165, 1.54) is 19.2 Å². The van der Waals surface area contributed by atoms with Crippen LogP contribution in [0.1, 0.15) is 22.3 Å². The van der Waals surface area contributed by atoms with E-state index < -0.39 is 5.97 Å². The van der Waals surface area contributed by atoms with Crippen molar-refractivity contribution in [1.29, 1.82) is 0 Å². The van der Waals surface area contributed by atoms with Crippen LogP contribution in [0.2, 0.25) is 5.02 Å². The summed E-state index contributed by atoms with van der Waals surface area (Å²) >= 11 is 6.16. The molecule has 0 spiro atoms. The summed E-state index contributed by atoms with van der Waals surface area (Å²) in [4.78, 5) is 16.6. The molecule has 3 aromatic carbocycles. The molecule has 0 aliphatic carbocycles. The first kappa shape index (κ1) is 21.6. The van der Waals surface area contributed by atoms with Crippen molar-refractivity contribution in [3.63, 3.8) is 0 Å². The second kappa shape index (κ2) is 9.24. The van der Waals surface area contributed by atoms with Crippen molar-refractivity contribution < 1.29 is 23.4 Å². The quantitative estimate of drug-likeness (QED) is 0.355. The van der Waals surface area contributed by atoms with Crippen LogP contribution in [0.25, 0.3) is 6.08 Å². The summed E-state index contributed by atoms with van der Waals surface area (Å²) in [6, 6.07) is 16.7. The van der Waals surface area contributed by atoms with E-state index in [1.54, 1.807) is 48.5 Å². The van der Waals surface area contributed by atoms with E-state index in [0.717, 1.165) is 11.1 Å². The minimum atomic E-state index is -0.549. The molecule has 0 N–H and O–H groups in total. The van der Waals surface area contributed by atoms with E-state index in [1.807, 2.05) is 13.0 Å². The van der Waals surface area contributed by atoms with Gasteiger partial charge in [0.25, 0.3) is 0 Å². The first-order chi connectivity index (χ1) is 15.4. The number of ether oxygens (including phenoxy) is 3. The maximum Gasteiger partial charge on any atom is 0.363 e. The number of hydrogen-bond donors (Lipinski definition) is 0. The van der Waals surface area contributed by atoms with E-state index in [0.29, 0.717) is 27.6 Å². The Morgan fingerprint density at radius 3 is 2.56 bits per heavy atom. The Bertz CT molecular complexity index is 1240. The Hall–Kier alpha value is -3.64. The summed E-state index contributed by atoms with van der Waals surface area (Å²) in [6.45, 7) is 2.15. The molecular weight excluding hydrogens is 433 g/mol. The van der Waals surface area contributed by atoms with Crippen LogP contribution >= 0.6 is 11.6 Å². The molecule has 0 unspecified atom stereocenters. The molecule has 0 saturated heterocycles. The van der Waals surface area contributed by atoms with Crippen molar-refractivity contribution >= 4 is 29.5 Å². The van der Waals surface area contributed by atoms with Gasteiger partial charge in [0, 0.05) is 10.6 Å². The fourth-order valence-corrected chi connectivity index (χ4v) is 3.23. The molecule has 32 heavy (non-hydrogen) atoms. The fourth-order valence-electron chi connectivity index (χ4n) is 3.05. The molecule has 0 bridgehead atoms. The lowest BCUT2D eigenvalue weighted by Crippen LogP contribution is -2.05. The highest BCUT2D eigenvalue weighted by molar-refractivity contribution is 6.31. The number of halogens is 2. The van der Waals surface area contributed by atoms with Crippen LogP contribution in [-0.4, -0.2) is 19.0 Å². The molecule has 4 rings (SSSR count).